The highest BCUT2D eigenvalue weighted by atomic mass is 32.2. The maximum absolute atomic E-state index is 14.4. The number of hydrogen-bond donors (Lipinski definition) is 1. The molecular weight excluding hydrogens is 455 g/mol. The number of anilines is 1. The van der Waals surface area contributed by atoms with Crippen molar-refractivity contribution in [2.45, 2.75) is 11.1 Å². The lowest BCUT2D eigenvalue weighted by atomic mass is 10.0. The molecule has 1 amide bonds. The van der Waals surface area contributed by atoms with Crippen molar-refractivity contribution in [1.29, 1.82) is 0 Å². The van der Waals surface area contributed by atoms with Gasteiger partial charge in [-0.3, -0.25) is 14.9 Å². The number of benzene rings is 3. The molecule has 11 heteroatoms. The van der Waals surface area contributed by atoms with Crippen LogP contribution in [0.15, 0.2) is 65.6 Å². The second kappa shape index (κ2) is 9.35. The van der Waals surface area contributed by atoms with E-state index in [-0.39, 0.29) is 16.1 Å². The predicted molar refractivity (Wildman–Crippen MR) is 109 cm³/mol. The molecule has 1 N–H and O–H groups in total. The third kappa shape index (κ3) is 5.41. The molecule has 166 valence electrons. The van der Waals surface area contributed by atoms with Crippen molar-refractivity contribution in [3.8, 4) is 11.1 Å². The number of nitrogens with zero attached hydrogens (tertiary/aromatic N) is 1. The lowest BCUT2D eigenvalue weighted by Gasteiger charge is -2.13. The van der Waals surface area contributed by atoms with Crippen LogP contribution in [0.25, 0.3) is 11.1 Å². The third-order valence-electron chi connectivity index (χ3n) is 4.25. The zero-order valence-electron chi connectivity index (χ0n) is 16.0. The van der Waals surface area contributed by atoms with Crippen LogP contribution in [0.2, 0.25) is 0 Å². The number of hydrogen-bond acceptors (Lipinski definition) is 4. The summed E-state index contributed by atoms with van der Waals surface area (Å²) in [4.78, 5) is 22.4. The summed E-state index contributed by atoms with van der Waals surface area (Å²) in [5.41, 5.74) is -1.77. The second-order valence-electron chi connectivity index (χ2n) is 6.45. The van der Waals surface area contributed by atoms with E-state index in [1.165, 1.54) is 0 Å². The Morgan fingerprint density at radius 1 is 1.03 bits per heavy atom. The Kier molecular flexibility index (Phi) is 6.78. The molecule has 0 fully saturated rings. The fourth-order valence-electron chi connectivity index (χ4n) is 2.82. The molecule has 32 heavy (non-hydrogen) atoms. The molecule has 0 aromatic heterocycles. The number of alkyl halides is 3. The summed E-state index contributed by atoms with van der Waals surface area (Å²) in [5.74, 6) is -3.12. The highest BCUT2D eigenvalue weighted by Crippen LogP contribution is 2.37. The van der Waals surface area contributed by atoms with E-state index in [0.29, 0.717) is 35.5 Å². The van der Waals surface area contributed by atoms with Gasteiger partial charge >= 0.3 is 6.18 Å². The molecule has 3 aromatic rings. The molecule has 0 radical (unpaired) electrons. The van der Waals surface area contributed by atoms with E-state index in [1.54, 1.807) is 30.3 Å². The lowest BCUT2D eigenvalue weighted by Crippen LogP contribution is -2.16. The van der Waals surface area contributed by atoms with Crippen LogP contribution in [-0.4, -0.2) is 16.6 Å². The molecule has 0 unspecified atom stereocenters. The Hall–Kier alpha value is -3.47. The van der Waals surface area contributed by atoms with Gasteiger partial charge in [-0.25, -0.2) is 8.78 Å². The largest absolute Gasteiger partial charge is 0.416 e. The molecule has 3 aromatic carbocycles. The van der Waals surface area contributed by atoms with Gasteiger partial charge in [0.15, 0.2) is 0 Å². The first-order valence-corrected chi connectivity index (χ1v) is 9.87. The minimum atomic E-state index is -4.76. The maximum atomic E-state index is 14.4. The van der Waals surface area contributed by atoms with Crippen LogP contribution in [0.3, 0.4) is 0 Å². The van der Waals surface area contributed by atoms with E-state index < -0.39 is 45.6 Å². The average molecular weight is 468 g/mol. The minimum absolute atomic E-state index is 0.0851. The minimum Gasteiger partial charge on any atom is -0.322 e. The molecule has 0 bridgehead atoms. The van der Waals surface area contributed by atoms with E-state index in [1.807, 2.05) is 0 Å². The van der Waals surface area contributed by atoms with E-state index in [0.717, 1.165) is 12.1 Å². The number of thioether (sulfide) groups is 1. The van der Waals surface area contributed by atoms with E-state index in [4.69, 9.17) is 0 Å². The number of carbonyl (C=O) groups excluding carboxylic acids is 1. The molecule has 5 nitrogen and oxygen atoms in total. The highest BCUT2D eigenvalue weighted by Gasteiger charge is 2.33. The Labute approximate surface area is 182 Å². The van der Waals surface area contributed by atoms with E-state index in [9.17, 15) is 36.9 Å². The number of nitro groups is 1. The van der Waals surface area contributed by atoms with Crippen molar-refractivity contribution < 1.29 is 31.7 Å². The van der Waals surface area contributed by atoms with Gasteiger partial charge in [0.25, 0.3) is 5.69 Å². The monoisotopic (exact) mass is 468 g/mol. The second-order valence-corrected chi connectivity index (χ2v) is 7.47. The normalized spacial score (nSPS) is 11.3. The lowest BCUT2D eigenvalue weighted by molar-refractivity contribution is -0.388. The van der Waals surface area contributed by atoms with Crippen LogP contribution in [0.4, 0.5) is 33.3 Å². The molecule has 0 aliphatic rings. The molecule has 0 saturated heterocycles. The van der Waals surface area contributed by atoms with Crippen molar-refractivity contribution in [3.05, 3.63) is 88.0 Å². The van der Waals surface area contributed by atoms with Gasteiger partial charge in [-0.15, -0.1) is 11.8 Å². The first-order chi connectivity index (χ1) is 15.1. The van der Waals surface area contributed by atoms with Crippen molar-refractivity contribution >= 4 is 29.0 Å². The molecule has 0 aliphatic carbocycles. The van der Waals surface area contributed by atoms with Crippen LogP contribution in [0.1, 0.15) is 5.56 Å². The van der Waals surface area contributed by atoms with Crippen LogP contribution < -0.4 is 5.32 Å². The standard InChI is InChI=1S/C21H13F5N2O3S/c22-14-9-15(12-4-2-1-3-5-12)20(16(23)10-14)27-19(29)11-32-18-7-6-13(21(24,25)26)8-17(18)28(30)31/h1-10H,11H2,(H,27,29). The Bertz CT molecular complexity index is 1170. The number of amides is 1. The van der Waals surface area contributed by atoms with Gasteiger partial charge in [0.2, 0.25) is 5.91 Å². The van der Waals surface area contributed by atoms with Gasteiger partial charge in [-0.2, -0.15) is 13.2 Å². The smallest absolute Gasteiger partial charge is 0.322 e. The van der Waals surface area contributed by atoms with E-state index >= 15 is 0 Å². The van der Waals surface area contributed by atoms with Gasteiger partial charge in [-0.05, 0) is 23.8 Å². The topological polar surface area (TPSA) is 72.2 Å². The van der Waals surface area contributed by atoms with Crippen LogP contribution in [0, 0.1) is 21.7 Å². The first-order valence-electron chi connectivity index (χ1n) is 8.89. The molecule has 0 spiro atoms. The number of nitro benzene ring substituents is 1. The van der Waals surface area contributed by atoms with Gasteiger partial charge in [-0.1, -0.05) is 30.3 Å². The van der Waals surface area contributed by atoms with Gasteiger partial charge in [0.1, 0.15) is 11.6 Å². The van der Waals surface area contributed by atoms with Gasteiger partial charge in [0.05, 0.1) is 26.8 Å². The SMILES string of the molecule is O=C(CSc1ccc(C(F)(F)F)cc1[N+](=O)[O-])Nc1c(F)cc(F)cc1-c1ccccc1. The highest BCUT2D eigenvalue weighted by molar-refractivity contribution is 8.00. The van der Waals surface area contributed by atoms with Gasteiger partial charge < -0.3 is 5.32 Å². The molecule has 3 rings (SSSR count). The first kappa shape index (κ1) is 23.2. The Balaban J connectivity index is 1.81. The number of rotatable bonds is 6. The van der Waals surface area contributed by atoms with Crippen molar-refractivity contribution in [1.82, 2.24) is 0 Å². The van der Waals surface area contributed by atoms with Crippen molar-refractivity contribution in [2.24, 2.45) is 0 Å². The average Bonchev–Trinajstić information content (AvgIpc) is 2.73. The summed E-state index contributed by atoms with van der Waals surface area (Å²) < 4.78 is 66.5. The number of carbonyl (C=O) groups is 1. The van der Waals surface area contributed by atoms with Crippen LogP contribution in [-0.2, 0) is 11.0 Å². The fraction of sp³-hybridized carbons (Fsp3) is 0.0952. The Morgan fingerprint density at radius 3 is 2.34 bits per heavy atom. The number of nitrogens with one attached hydrogen (secondary N) is 1. The summed E-state index contributed by atoms with van der Waals surface area (Å²) >= 11 is 0.615. The van der Waals surface area contributed by atoms with Crippen molar-refractivity contribution in [3.63, 3.8) is 0 Å². The summed E-state index contributed by atoms with van der Waals surface area (Å²) in [6.07, 6.45) is -4.76. The molecule has 0 aliphatic heterocycles. The van der Waals surface area contributed by atoms with Crippen LogP contribution in [0.5, 0.6) is 0 Å². The molecule has 0 atom stereocenters. The zero-order valence-corrected chi connectivity index (χ0v) is 16.8. The Morgan fingerprint density at radius 2 is 1.72 bits per heavy atom. The summed E-state index contributed by atoms with van der Waals surface area (Å²) in [6, 6.07) is 11.7. The zero-order chi connectivity index (χ0) is 23.5. The van der Waals surface area contributed by atoms with E-state index in [2.05, 4.69) is 5.32 Å². The molecular formula is C21H13F5N2O3S. The molecule has 0 heterocycles. The quantitative estimate of drug-likeness (QED) is 0.200. The third-order valence-corrected chi connectivity index (χ3v) is 5.31. The summed E-state index contributed by atoms with van der Waals surface area (Å²) in [7, 11) is 0. The van der Waals surface area contributed by atoms with Crippen molar-refractivity contribution in [2.75, 3.05) is 11.1 Å². The predicted octanol–water partition coefficient (Wildman–Crippen LogP) is 6.29. The number of halogens is 5. The van der Waals surface area contributed by atoms with Gasteiger partial charge in [0, 0.05) is 17.7 Å². The molecule has 0 saturated carbocycles. The maximum Gasteiger partial charge on any atom is 0.416 e. The van der Waals surface area contributed by atoms with Crippen LogP contribution >= 0.6 is 11.8 Å². The summed E-state index contributed by atoms with van der Waals surface area (Å²) in [6.45, 7) is 0. The fourth-order valence-corrected chi connectivity index (χ4v) is 3.63. The summed E-state index contributed by atoms with van der Waals surface area (Å²) in [5, 5.41) is 13.5.